The second kappa shape index (κ2) is 10.5. The Labute approximate surface area is 206 Å². The largest absolute Gasteiger partial charge is 0.480 e. The van der Waals surface area contributed by atoms with Gasteiger partial charge in [-0.2, -0.15) is 0 Å². The van der Waals surface area contributed by atoms with Gasteiger partial charge in [0, 0.05) is 18.9 Å². The summed E-state index contributed by atoms with van der Waals surface area (Å²) >= 11 is 0. The second-order valence-corrected chi connectivity index (χ2v) is 10.4. The van der Waals surface area contributed by atoms with Crippen LogP contribution >= 0.6 is 0 Å². The van der Waals surface area contributed by atoms with E-state index in [1.807, 2.05) is 38.1 Å². The maximum absolute atomic E-state index is 12.4. The lowest BCUT2D eigenvalue weighted by Gasteiger charge is -2.25. The number of carbonyl (C=O) groups excluding carboxylic acids is 2. The Morgan fingerprint density at radius 2 is 1.60 bits per heavy atom. The van der Waals surface area contributed by atoms with Crippen molar-refractivity contribution in [3.8, 4) is 11.1 Å². The van der Waals surface area contributed by atoms with Crippen molar-refractivity contribution in [1.82, 2.24) is 10.6 Å². The van der Waals surface area contributed by atoms with Crippen LogP contribution in [0.15, 0.2) is 48.5 Å². The lowest BCUT2D eigenvalue weighted by Crippen LogP contribution is -2.42. The van der Waals surface area contributed by atoms with Crippen LogP contribution in [0.25, 0.3) is 11.1 Å². The monoisotopic (exact) mass is 478 g/mol. The predicted octanol–water partition coefficient (Wildman–Crippen LogP) is 4.70. The number of carboxylic acid groups (broad SMARTS) is 1. The van der Waals surface area contributed by atoms with Gasteiger partial charge in [-0.25, -0.2) is 9.59 Å². The first-order valence-corrected chi connectivity index (χ1v) is 12.4. The molecule has 4 rings (SSSR count). The fourth-order valence-corrected chi connectivity index (χ4v) is 4.79. The quantitative estimate of drug-likeness (QED) is 0.434. The van der Waals surface area contributed by atoms with Gasteiger partial charge in [-0.1, -0.05) is 62.4 Å². The highest BCUT2D eigenvalue weighted by Crippen LogP contribution is 2.44. The maximum atomic E-state index is 12.4. The van der Waals surface area contributed by atoms with E-state index in [1.54, 1.807) is 0 Å². The number of hydrogen-bond donors (Lipinski definition) is 3. The van der Waals surface area contributed by atoms with Crippen molar-refractivity contribution in [2.45, 2.75) is 57.9 Å². The minimum absolute atomic E-state index is 0.0216. The van der Waals surface area contributed by atoms with E-state index >= 15 is 0 Å². The van der Waals surface area contributed by atoms with Gasteiger partial charge in [0.05, 0.1) is 0 Å². The molecule has 3 N–H and O–H groups in total. The minimum Gasteiger partial charge on any atom is -0.480 e. The summed E-state index contributed by atoms with van der Waals surface area (Å²) in [6.07, 6.45) is 2.79. The molecule has 7 nitrogen and oxygen atoms in total. The fourth-order valence-electron chi connectivity index (χ4n) is 4.79. The van der Waals surface area contributed by atoms with Gasteiger partial charge in [-0.15, -0.1) is 0 Å². The number of amides is 2. The third-order valence-corrected chi connectivity index (χ3v) is 7.12. The van der Waals surface area contributed by atoms with E-state index in [2.05, 4.69) is 34.9 Å². The first-order valence-electron chi connectivity index (χ1n) is 12.4. The average molecular weight is 479 g/mol. The molecule has 2 aliphatic rings. The van der Waals surface area contributed by atoms with Crippen LogP contribution in [0.3, 0.4) is 0 Å². The topological polar surface area (TPSA) is 105 Å². The van der Waals surface area contributed by atoms with E-state index in [4.69, 9.17) is 4.74 Å². The Morgan fingerprint density at radius 1 is 1.00 bits per heavy atom. The molecule has 2 aromatic rings. The van der Waals surface area contributed by atoms with Gasteiger partial charge in [0.15, 0.2) is 0 Å². The van der Waals surface area contributed by atoms with Crippen molar-refractivity contribution in [2.75, 3.05) is 13.2 Å². The van der Waals surface area contributed by atoms with Crippen molar-refractivity contribution in [1.29, 1.82) is 0 Å². The molecule has 0 aliphatic heterocycles. The summed E-state index contributed by atoms with van der Waals surface area (Å²) in [5.41, 5.74) is 4.54. The number of rotatable bonds is 11. The van der Waals surface area contributed by atoms with Crippen LogP contribution in [-0.2, 0) is 14.3 Å². The Hall–Kier alpha value is -3.35. The SMILES string of the molecule is CC(C)(CCNC(=O)OCC1c2ccccc2-c2ccccc21)CCC(=O)NC(C(=O)O)C1CC1. The standard InChI is InChI=1S/C28H34N2O5/c1-28(2,14-13-24(31)30-25(26(32)33)18-11-12-18)15-16-29-27(34)35-17-23-21-9-5-3-7-19(21)20-8-4-6-10-22(20)23/h3-10,18,23,25H,11-17H2,1-2H3,(H,29,34)(H,30,31)(H,32,33). The molecule has 1 saturated carbocycles. The average Bonchev–Trinajstić information content (AvgIpc) is 3.62. The lowest BCUT2D eigenvalue weighted by atomic mass is 9.84. The Morgan fingerprint density at radius 3 is 2.17 bits per heavy atom. The third kappa shape index (κ3) is 6.21. The second-order valence-electron chi connectivity index (χ2n) is 10.4. The van der Waals surface area contributed by atoms with Gasteiger partial charge in [-0.05, 0) is 59.3 Å². The molecule has 0 bridgehead atoms. The van der Waals surface area contributed by atoms with Crippen molar-refractivity contribution in [2.24, 2.45) is 11.3 Å². The minimum atomic E-state index is -0.965. The zero-order valence-electron chi connectivity index (χ0n) is 20.4. The smallest absolute Gasteiger partial charge is 0.407 e. The molecular formula is C28H34N2O5. The maximum Gasteiger partial charge on any atom is 0.407 e. The van der Waals surface area contributed by atoms with Crippen LogP contribution in [0.4, 0.5) is 4.79 Å². The number of aliphatic carboxylic acids is 1. The van der Waals surface area contributed by atoms with Crippen LogP contribution in [-0.4, -0.2) is 42.3 Å². The molecule has 2 amide bonds. The highest BCUT2D eigenvalue weighted by Gasteiger charge is 2.37. The van der Waals surface area contributed by atoms with Crippen molar-refractivity contribution >= 4 is 18.0 Å². The van der Waals surface area contributed by atoms with Crippen LogP contribution < -0.4 is 10.6 Å². The molecule has 0 spiro atoms. The van der Waals surface area contributed by atoms with Gasteiger partial charge >= 0.3 is 12.1 Å². The van der Waals surface area contributed by atoms with Crippen LogP contribution in [0.1, 0.15) is 63.0 Å². The van der Waals surface area contributed by atoms with Crippen LogP contribution in [0.2, 0.25) is 0 Å². The third-order valence-electron chi connectivity index (χ3n) is 7.12. The number of nitrogens with one attached hydrogen (secondary N) is 2. The number of fused-ring (bicyclic) bond motifs is 3. The summed E-state index contributed by atoms with van der Waals surface area (Å²) in [7, 11) is 0. The van der Waals surface area contributed by atoms with E-state index < -0.39 is 18.1 Å². The van der Waals surface area contributed by atoms with E-state index in [1.165, 1.54) is 22.3 Å². The van der Waals surface area contributed by atoms with Crippen molar-refractivity contribution < 1.29 is 24.2 Å². The van der Waals surface area contributed by atoms with E-state index in [0.717, 1.165) is 12.8 Å². The molecular weight excluding hydrogens is 444 g/mol. The number of carboxylic acids is 1. The molecule has 1 unspecified atom stereocenters. The highest BCUT2D eigenvalue weighted by atomic mass is 16.5. The number of carbonyl (C=O) groups is 3. The number of alkyl carbamates (subject to hydrolysis) is 1. The van der Waals surface area contributed by atoms with Crippen LogP contribution in [0.5, 0.6) is 0 Å². The summed E-state index contributed by atoms with van der Waals surface area (Å²) in [6.45, 7) is 4.78. The molecule has 0 saturated heterocycles. The molecule has 2 aromatic carbocycles. The summed E-state index contributed by atoms with van der Waals surface area (Å²) < 4.78 is 5.58. The Kier molecular flexibility index (Phi) is 7.43. The van der Waals surface area contributed by atoms with Gasteiger partial charge in [0.25, 0.3) is 0 Å². The van der Waals surface area contributed by atoms with E-state index in [0.29, 0.717) is 19.4 Å². The van der Waals surface area contributed by atoms with Crippen LogP contribution in [0, 0.1) is 11.3 Å². The van der Waals surface area contributed by atoms with Gasteiger partial charge in [0.1, 0.15) is 12.6 Å². The summed E-state index contributed by atoms with van der Waals surface area (Å²) in [4.78, 5) is 35.9. The van der Waals surface area contributed by atoms with Gasteiger partial charge < -0.3 is 20.5 Å². The van der Waals surface area contributed by atoms with Gasteiger partial charge in [-0.3, -0.25) is 4.79 Å². The molecule has 1 atom stereocenters. The summed E-state index contributed by atoms with van der Waals surface area (Å²) in [6, 6.07) is 15.7. The van der Waals surface area contributed by atoms with E-state index in [9.17, 15) is 19.5 Å². The molecule has 0 heterocycles. The first kappa shape index (κ1) is 24.8. The van der Waals surface area contributed by atoms with Crippen molar-refractivity contribution in [3.05, 3.63) is 59.7 Å². The molecule has 0 radical (unpaired) electrons. The number of hydrogen-bond acceptors (Lipinski definition) is 4. The van der Waals surface area contributed by atoms with Crippen molar-refractivity contribution in [3.63, 3.8) is 0 Å². The normalized spacial score (nSPS) is 15.6. The predicted molar refractivity (Wildman–Crippen MR) is 133 cm³/mol. The molecule has 2 aliphatic carbocycles. The Balaban J connectivity index is 1.19. The Bertz CT molecular complexity index is 1050. The molecule has 1 fully saturated rings. The number of benzene rings is 2. The molecule has 0 aromatic heterocycles. The van der Waals surface area contributed by atoms with Gasteiger partial charge in [0.2, 0.25) is 5.91 Å². The zero-order chi connectivity index (χ0) is 25.0. The zero-order valence-corrected chi connectivity index (χ0v) is 20.4. The fraction of sp³-hybridized carbons (Fsp3) is 0.464. The molecule has 186 valence electrons. The summed E-state index contributed by atoms with van der Waals surface area (Å²) in [5, 5.41) is 14.8. The highest BCUT2D eigenvalue weighted by molar-refractivity contribution is 5.84. The number of ether oxygens (including phenoxy) is 1. The first-order chi connectivity index (χ1) is 16.7. The molecule has 35 heavy (non-hydrogen) atoms. The summed E-state index contributed by atoms with van der Waals surface area (Å²) in [5.74, 6) is -1.12. The molecule has 7 heteroatoms. The lowest BCUT2D eigenvalue weighted by molar-refractivity contribution is -0.142. The van der Waals surface area contributed by atoms with E-state index in [-0.39, 0.29) is 36.2 Å².